The van der Waals surface area contributed by atoms with Crippen molar-refractivity contribution in [3.63, 3.8) is 0 Å². The molecule has 0 spiro atoms. The van der Waals surface area contributed by atoms with Gasteiger partial charge in [-0.15, -0.1) is 0 Å². The molecule has 4 heterocycles. The van der Waals surface area contributed by atoms with E-state index in [0.717, 1.165) is 37.0 Å². The van der Waals surface area contributed by atoms with Gasteiger partial charge in [0, 0.05) is 31.6 Å². The van der Waals surface area contributed by atoms with Gasteiger partial charge in [0.1, 0.15) is 5.82 Å². The van der Waals surface area contributed by atoms with Crippen molar-refractivity contribution in [2.24, 2.45) is 7.05 Å². The van der Waals surface area contributed by atoms with Gasteiger partial charge in [-0.3, -0.25) is 4.68 Å². The van der Waals surface area contributed by atoms with Crippen molar-refractivity contribution in [1.29, 1.82) is 0 Å². The molecule has 5 nitrogen and oxygen atoms in total. The zero-order valence-corrected chi connectivity index (χ0v) is 17.2. The third-order valence-electron chi connectivity index (χ3n) is 6.48. The van der Waals surface area contributed by atoms with Gasteiger partial charge in [0.2, 0.25) is 0 Å². The lowest BCUT2D eigenvalue weighted by molar-refractivity contribution is 0.265. The Morgan fingerprint density at radius 2 is 1.78 bits per heavy atom. The Kier molecular flexibility index (Phi) is 5.96. The molecule has 5 heteroatoms. The maximum Gasteiger partial charge on any atom is 0.160 e. The van der Waals surface area contributed by atoms with E-state index in [4.69, 9.17) is 10.1 Å². The highest BCUT2D eigenvalue weighted by atomic mass is 15.3. The highest BCUT2D eigenvalue weighted by Crippen LogP contribution is 2.24. The zero-order valence-electron chi connectivity index (χ0n) is 17.2. The number of pyridine rings is 1. The molecule has 0 saturated carbocycles. The van der Waals surface area contributed by atoms with Crippen molar-refractivity contribution < 1.29 is 0 Å². The van der Waals surface area contributed by atoms with Crippen molar-refractivity contribution in [2.75, 3.05) is 31.1 Å². The maximum absolute atomic E-state index is 5.00. The van der Waals surface area contributed by atoms with Gasteiger partial charge in [0.05, 0.1) is 5.69 Å². The van der Waals surface area contributed by atoms with Crippen LogP contribution in [-0.4, -0.2) is 51.9 Å². The number of rotatable bonds is 5. The van der Waals surface area contributed by atoms with Gasteiger partial charge in [0.15, 0.2) is 5.65 Å². The van der Waals surface area contributed by atoms with Gasteiger partial charge in [0.25, 0.3) is 0 Å². The van der Waals surface area contributed by atoms with E-state index in [-0.39, 0.29) is 0 Å². The summed E-state index contributed by atoms with van der Waals surface area (Å²) in [4.78, 5) is 10.1. The first-order valence-corrected chi connectivity index (χ1v) is 11.0. The molecular formula is C22H35N5. The minimum atomic E-state index is 0.757. The number of nitrogens with zero attached hydrogens (tertiary/aromatic N) is 5. The molecule has 4 rings (SSSR count). The lowest BCUT2D eigenvalue weighted by atomic mass is 10.1. The topological polar surface area (TPSA) is 37.2 Å². The van der Waals surface area contributed by atoms with E-state index in [1.54, 1.807) is 0 Å². The monoisotopic (exact) mass is 369 g/mol. The standard InChI is InChI=1S/C22H35N5/c1-18-10-8-16-26(18)17-9-11-20-19-12-13-21(23-22(19)25(2)24-20)27-14-6-4-3-5-7-15-27/h12-13,18H,3-11,14-17H2,1-2H3. The molecule has 0 bridgehead atoms. The Labute approximate surface area is 163 Å². The SMILES string of the molecule is CC1CCCN1CCCc1nn(C)c2nc(N3CCCCCCC3)ccc12. The fourth-order valence-electron chi connectivity index (χ4n) is 4.80. The highest BCUT2D eigenvalue weighted by Gasteiger charge is 2.20. The van der Waals surface area contributed by atoms with E-state index in [2.05, 4.69) is 28.9 Å². The minimum absolute atomic E-state index is 0.757. The Hall–Kier alpha value is -1.62. The number of aromatic nitrogens is 3. The minimum Gasteiger partial charge on any atom is -0.357 e. The second-order valence-corrected chi connectivity index (χ2v) is 8.50. The van der Waals surface area contributed by atoms with Gasteiger partial charge >= 0.3 is 0 Å². The van der Waals surface area contributed by atoms with Gasteiger partial charge in [-0.25, -0.2) is 4.98 Å². The van der Waals surface area contributed by atoms with E-state index in [1.165, 1.54) is 75.5 Å². The van der Waals surface area contributed by atoms with Crippen LogP contribution in [0.25, 0.3) is 11.0 Å². The molecule has 0 radical (unpaired) electrons. The molecule has 1 unspecified atom stereocenters. The fraction of sp³-hybridized carbons (Fsp3) is 0.727. The lowest BCUT2D eigenvalue weighted by Gasteiger charge is -2.25. The van der Waals surface area contributed by atoms with E-state index in [0.29, 0.717) is 0 Å². The Balaban J connectivity index is 1.45. The van der Waals surface area contributed by atoms with Crippen LogP contribution in [-0.2, 0) is 13.5 Å². The number of likely N-dealkylation sites (tertiary alicyclic amines) is 1. The molecule has 0 aliphatic carbocycles. The van der Waals surface area contributed by atoms with Gasteiger partial charge in [-0.05, 0) is 70.7 Å². The van der Waals surface area contributed by atoms with Gasteiger partial charge < -0.3 is 9.80 Å². The molecule has 2 aromatic rings. The van der Waals surface area contributed by atoms with E-state index >= 15 is 0 Å². The summed E-state index contributed by atoms with van der Waals surface area (Å²) in [6, 6.07) is 5.24. The number of hydrogen-bond acceptors (Lipinski definition) is 4. The maximum atomic E-state index is 5.00. The first kappa shape index (κ1) is 18.7. The van der Waals surface area contributed by atoms with Crippen LogP contribution < -0.4 is 4.90 Å². The summed E-state index contributed by atoms with van der Waals surface area (Å²) in [5.41, 5.74) is 2.25. The Morgan fingerprint density at radius 3 is 2.52 bits per heavy atom. The molecule has 0 amide bonds. The first-order valence-electron chi connectivity index (χ1n) is 11.0. The van der Waals surface area contributed by atoms with Gasteiger partial charge in [-0.1, -0.05) is 19.3 Å². The first-order chi connectivity index (χ1) is 13.2. The molecule has 2 fully saturated rings. The number of aryl methyl sites for hydroxylation is 2. The number of fused-ring (bicyclic) bond motifs is 1. The van der Waals surface area contributed by atoms with Crippen LogP contribution in [0.3, 0.4) is 0 Å². The predicted molar refractivity (Wildman–Crippen MR) is 112 cm³/mol. The van der Waals surface area contributed by atoms with Crippen molar-refractivity contribution in [3.8, 4) is 0 Å². The van der Waals surface area contributed by atoms with Crippen molar-refractivity contribution in [1.82, 2.24) is 19.7 Å². The summed E-state index contributed by atoms with van der Waals surface area (Å²) in [7, 11) is 2.04. The quantitative estimate of drug-likeness (QED) is 0.793. The van der Waals surface area contributed by atoms with Crippen molar-refractivity contribution in [3.05, 3.63) is 17.8 Å². The largest absolute Gasteiger partial charge is 0.357 e. The van der Waals surface area contributed by atoms with E-state index < -0.39 is 0 Å². The van der Waals surface area contributed by atoms with Gasteiger partial charge in [-0.2, -0.15) is 5.10 Å². The molecule has 0 aromatic carbocycles. The molecule has 2 aliphatic rings. The third kappa shape index (κ3) is 4.29. The molecule has 148 valence electrons. The van der Waals surface area contributed by atoms with Crippen LogP contribution in [0.15, 0.2) is 12.1 Å². The molecular weight excluding hydrogens is 334 g/mol. The molecule has 0 N–H and O–H groups in total. The van der Waals surface area contributed by atoms with Crippen LogP contribution in [0.1, 0.15) is 64.0 Å². The number of anilines is 1. The second-order valence-electron chi connectivity index (χ2n) is 8.50. The molecule has 27 heavy (non-hydrogen) atoms. The summed E-state index contributed by atoms with van der Waals surface area (Å²) in [5, 5.41) is 6.05. The molecule has 2 aliphatic heterocycles. The summed E-state index contributed by atoms with van der Waals surface area (Å²) in [5.74, 6) is 1.13. The molecule has 2 saturated heterocycles. The van der Waals surface area contributed by atoms with Crippen molar-refractivity contribution >= 4 is 16.9 Å². The summed E-state index contributed by atoms with van der Waals surface area (Å²) >= 11 is 0. The normalized spacial score (nSPS) is 22.3. The molecule has 2 aromatic heterocycles. The highest BCUT2D eigenvalue weighted by molar-refractivity contribution is 5.80. The average Bonchev–Trinajstić information content (AvgIpc) is 3.18. The average molecular weight is 370 g/mol. The Bertz CT molecular complexity index is 744. The van der Waals surface area contributed by atoms with Crippen molar-refractivity contribution in [2.45, 2.75) is 70.8 Å². The fourth-order valence-corrected chi connectivity index (χ4v) is 4.80. The zero-order chi connectivity index (χ0) is 18.6. The summed E-state index contributed by atoms with van der Waals surface area (Å²) < 4.78 is 1.98. The van der Waals surface area contributed by atoms with Crippen LogP contribution in [0.5, 0.6) is 0 Å². The lowest BCUT2D eigenvalue weighted by Crippen LogP contribution is -2.28. The smallest absolute Gasteiger partial charge is 0.160 e. The summed E-state index contributed by atoms with van der Waals surface area (Å²) in [6.07, 6.45) is 11.6. The molecule has 1 atom stereocenters. The van der Waals surface area contributed by atoms with Crippen LogP contribution in [0, 0.1) is 0 Å². The van der Waals surface area contributed by atoms with E-state index in [1.807, 2.05) is 11.7 Å². The predicted octanol–water partition coefficient (Wildman–Crippen LogP) is 4.16. The Morgan fingerprint density at radius 1 is 1.00 bits per heavy atom. The van der Waals surface area contributed by atoms with Crippen LogP contribution in [0.4, 0.5) is 5.82 Å². The van der Waals surface area contributed by atoms with E-state index in [9.17, 15) is 0 Å². The number of hydrogen-bond donors (Lipinski definition) is 0. The van der Waals surface area contributed by atoms with Crippen LogP contribution in [0.2, 0.25) is 0 Å². The third-order valence-corrected chi connectivity index (χ3v) is 6.48. The van der Waals surface area contributed by atoms with Crippen LogP contribution >= 0.6 is 0 Å². The second kappa shape index (κ2) is 8.59. The summed E-state index contributed by atoms with van der Waals surface area (Å²) in [6.45, 7) is 7.09.